The lowest BCUT2D eigenvalue weighted by atomic mass is 9.97. The molecule has 0 saturated carbocycles. The highest BCUT2D eigenvalue weighted by Crippen LogP contribution is 2.43. The third kappa shape index (κ3) is 4.73. The minimum absolute atomic E-state index is 0.469. The first kappa shape index (κ1) is 22.5. The molecule has 4 aromatic rings. The van der Waals surface area contributed by atoms with Gasteiger partial charge in [0.2, 0.25) is 0 Å². The molecule has 0 aliphatic rings. The molecule has 3 nitrogen and oxygen atoms in total. The van der Waals surface area contributed by atoms with Crippen molar-refractivity contribution in [1.82, 2.24) is 4.57 Å². The second kappa shape index (κ2) is 9.46. The molecule has 0 unspecified atom stereocenters. The van der Waals surface area contributed by atoms with Crippen molar-refractivity contribution in [2.24, 2.45) is 0 Å². The van der Waals surface area contributed by atoms with Crippen LogP contribution in [0.5, 0.6) is 0 Å². The van der Waals surface area contributed by atoms with Crippen LogP contribution in [0.1, 0.15) is 5.56 Å². The Morgan fingerprint density at radius 2 is 1.69 bits per heavy atom. The van der Waals surface area contributed by atoms with E-state index in [9.17, 15) is 5.26 Å². The van der Waals surface area contributed by atoms with E-state index in [-0.39, 0.29) is 0 Å². The van der Waals surface area contributed by atoms with Crippen molar-refractivity contribution in [1.29, 1.82) is 5.26 Å². The Kier molecular flexibility index (Phi) is 6.66. The van der Waals surface area contributed by atoms with E-state index >= 15 is 0 Å². The summed E-state index contributed by atoms with van der Waals surface area (Å²) in [6.45, 7) is 8.32. The summed E-state index contributed by atoms with van der Waals surface area (Å²) in [5.74, 6) is 0. The highest BCUT2D eigenvalue weighted by Gasteiger charge is 2.22. The zero-order valence-corrected chi connectivity index (χ0v) is 21.3. The molecule has 162 valence electrons. The van der Waals surface area contributed by atoms with Gasteiger partial charge in [0.15, 0.2) is 0 Å². The Labute approximate surface area is 199 Å². The van der Waals surface area contributed by atoms with Crippen molar-refractivity contribution in [2.75, 3.05) is 6.61 Å². The van der Waals surface area contributed by atoms with Crippen LogP contribution in [0.2, 0.25) is 25.7 Å². The minimum atomic E-state index is -1.17. The molecule has 0 spiro atoms. The van der Waals surface area contributed by atoms with Crippen LogP contribution in [-0.4, -0.2) is 19.2 Å². The molecule has 1 heterocycles. The van der Waals surface area contributed by atoms with Gasteiger partial charge in [-0.25, -0.2) is 0 Å². The highest BCUT2D eigenvalue weighted by molar-refractivity contribution is 9.10. The molecule has 0 fully saturated rings. The van der Waals surface area contributed by atoms with Crippen molar-refractivity contribution in [3.8, 4) is 28.5 Å². The van der Waals surface area contributed by atoms with Gasteiger partial charge >= 0.3 is 0 Å². The number of nitriles is 1. The van der Waals surface area contributed by atoms with E-state index in [0.29, 0.717) is 12.3 Å². The molecule has 0 aliphatic heterocycles. The number of benzene rings is 3. The Hall–Kier alpha value is -2.65. The Bertz CT molecular complexity index is 1280. The molecule has 0 N–H and O–H groups in total. The van der Waals surface area contributed by atoms with Crippen LogP contribution in [0.4, 0.5) is 0 Å². The molecule has 0 radical (unpaired) electrons. The van der Waals surface area contributed by atoms with Crippen LogP contribution in [0.3, 0.4) is 0 Å². The minimum Gasteiger partial charge on any atom is -0.361 e. The maximum Gasteiger partial charge on any atom is 0.123 e. The predicted molar refractivity (Wildman–Crippen MR) is 139 cm³/mol. The Morgan fingerprint density at radius 1 is 0.969 bits per heavy atom. The molecular formula is C27H27BrN2OSi. The number of halogens is 1. The second-order valence-corrected chi connectivity index (χ2v) is 15.7. The molecule has 4 rings (SSSR count). The van der Waals surface area contributed by atoms with Gasteiger partial charge in [0.1, 0.15) is 6.73 Å². The van der Waals surface area contributed by atoms with Crippen LogP contribution in [-0.2, 0) is 11.5 Å². The molecular weight excluding hydrogens is 476 g/mol. The summed E-state index contributed by atoms with van der Waals surface area (Å²) >= 11 is 3.77. The Morgan fingerprint density at radius 3 is 2.38 bits per heavy atom. The number of aromatic nitrogens is 1. The molecule has 1 aromatic heterocycles. The first-order chi connectivity index (χ1) is 15.4. The summed E-state index contributed by atoms with van der Waals surface area (Å²) in [6.07, 6.45) is 0. The predicted octanol–water partition coefficient (Wildman–Crippen LogP) is 7.92. The fourth-order valence-corrected chi connectivity index (χ4v) is 5.15. The van der Waals surface area contributed by atoms with Gasteiger partial charge in [0.25, 0.3) is 0 Å². The van der Waals surface area contributed by atoms with Crippen molar-refractivity contribution in [2.45, 2.75) is 32.4 Å². The third-order valence-corrected chi connectivity index (χ3v) is 8.00. The largest absolute Gasteiger partial charge is 0.361 e. The summed E-state index contributed by atoms with van der Waals surface area (Å²) in [4.78, 5) is 0. The monoisotopic (exact) mass is 502 g/mol. The van der Waals surface area contributed by atoms with Crippen molar-refractivity contribution in [3.63, 3.8) is 0 Å². The number of hydrogen-bond donors (Lipinski definition) is 0. The lowest BCUT2D eigenvalue weighted by molar-refractivity contribution is 0.0913. The smallest absolute Gasteiger partial charge is 0.123 e. The van der Waals surface area contributed by atoms with E-state index in [2.05, 4.69) is 88.7 Å². The summed E-state index contributed by atoms with van der Waals surface area (Å²) in [5, 5.41) is 10.6. The fraction of sp³-hybridized carbons (Fsp3) is 0.222. The molecule has 0 amide bonds. The number of ether oxygens (including phenoxy) is 1. The number of fused-ring (bicyclic) bond motifs is 1. The maximum absolute atomic E-state index is 9.56. The summed E-state index contributed by atoms with van der Waals surface area (Å²) in [5.41, 5.74) is 6.18. The first-order valence-corrected chi connectivity index (χ1v) is 15.3. The summed E-state index contributed by atoms with van der Waals surface area (Å²) < 4.78 is 9.51. The highest BCUT2D eigenvalue weighted by atomic mass is 79.9. The van der Waals surface area contributed by atoms with E-state index in [1.165, 1.54) is 0 Å². The van der Waals surface area contributed by atoms with E-state index in [4.69, 9.17) is 4.74 Å². The fourth-order valence-electron chi connectivity index (χ4n) is 3.92. The van der Waals surface area contributed by atoms with Crippen LogP contribution in [0.25, 0.3) is 33.3 Å². The van der Waals surface area contributed by atoms with E-state index in [1.54, 1.807) is 0 Å². The van der Waals surface area contributed by atoms with Crippen LogP contribution >= 0.6 is 15.9 Å². The van der Waals surface area contributed by atoms with E-state index in [1.807, 2.05) is 30.3 Å². The van der Waals surface area contributed by atoms with Gasteiger partial charge in [-0.1, -0.05) is 84.1 Å². The van der Waals surface area contributed by atoms with E-state index < -0.39 is 8.07 Å². The van der Waals surface area contributed by atoms with Gasteiger partial charge in [-0.15, -0.1) is 0 Å². The van der Waals surface area contributed by atoms with Crippen molar-refractivity contribution in [3.05, 3.63) is 82.8 Å². The molecule has 32 heavy (non-hydrogen) atoms. The second-order valence-electron chi connectivity index (χ2n) is 9.19. The van der Waals surface area contributed by atoms with Crippen LogP contribution in [0.15, 0.2) is 77.3 Å². The first-order valence-electron chi connectivity index (χ1n) is 10.8. The maximum atomic E-state index is 9.56. The van der Waals surface area contributed by atoms with Gasteiger partial charge in [0.05, 0.1) is 22.8 Å². The molecule has 0 saturated heterocycles. The number of nitrogens with zero attached hydrogens (tertiary/aromatic N) is 2. The molecule has 3 aromatic carbocycles. The topological polar surface area (TPSA) is 38.0 Å². The van der Waals surface area contributed by atoms with Crippen LogP contribution in [0, 0.1) is 11.3 Å². The average molecular weight is 504 g/mol. The normalized spacial score (nSPS) is 11.6. The zero-order valence-electron chi connectivity index (χ0n) is 18.7. The summed E-state index contributed by atoms with van der Waals surface area (Å²) in [6, 6.07) is 28.0. The zero-order chi connectivity index (χ0) is 22.7. The van der Waals surface area contributed by atoms with Crippen LogP contribution < -0.4 is 0 Å². The van der Waals surface area contributed by atoms with Gasteiger partial charge in [-0.05, 0) is 35.9 Å². The quantitative estimate of drug-likeness (QED) is 0.190. The van der Waals surface area contributed by atoms with Gasteiger partial charge in [0, 0.05) is 35.7 Å². The SMILES string of the molecule is C[Si](C)(C)CCOCn1c(-c2ccccc2Br)c(-c2ccccc2)c2cc(C#N)ccc21. The van der Waals surface area contributed by atoms with Gasteiger partial charge < -0.3 is 9.30 Å². The number of rotatable bonds is 7. The molecule has 0 aliphatic carbocycles. The van der Waals surface area contributed by atoms with Gasteiger partial charge in [-0.2, -0.15) is 5.26 Å². The lowest BCUT2D eigenvalue weighted by Gasteiger charge is -2.18. The lowest BCUT2D eigenvalue weighted by Crippen LogP contribution is -2.22. The standard InChI is InChI=1S/C27H27BrN2OSi/c1-32(2,3)16-15-31-19-30-25-14-13-20(18-29)17-23(25)26(21-9-5-4-6-10-21)27(30)22-11-7-8-12-24(22)28/h4-14,17H,15-16,19H2,1-3H3. The van der Waals surface area contributed by atoms with Crippen molar-refractivity contribution < 1.29 is 4.74 Å². The number of hydrogen-bond acceptors (Lipinski definition) is 2. The summed E-state index contributed by atoms with van der Waals surface area (Å²) in [7, 11) is -1.17. The van der Waals surface area contributed by atoms with Crippen molar-refractivity contribution >= 4 is 34.9 Å². The molecule has 0 bridgehead atoms. The van der Waals surface area contributed by atoms with Gasteiger partial charge in [-0.3, -0.25) is 0 Å². The average Bonchev–Trinajstić information content (AvgIpc) is 3.10. The Balaban J connectivity index is 1.95. The van der Waals surface area contributed by atoms with E-state index in [0.717, 1.165) is 50.4 Å². The third-order valence-electron chi connectivity index (χ3n) is 5.60. The molecule has 0 atom stereocenters. The molecule has 5 heteroatoms.